The summed E-state index contributed by atoms with van der Waals surface area (Å²) in [4.78, 5) is 0. The van der Waals surface area contributed by atoms with Gasteiger partial charge in [0.15, 0.2) is 0 Å². The smallest absolute Gasteiger partial charge is 0.275 e. The van der Waals surface area contributed by atoms with E-state index < -0.39 is 11.5 Å². The summed E-state index contributed by atoms with van der Waals surface area (Å²) in [6.45, 7) is 3.54. The van der Waals surface area contributed by atoms with Gasteiger partial charge >= 0.3 is 0 Å². The first-order valence-electron chi connectivity index (χ1n) is 5.00. The van der Waals surface area contributed by atoms with Gasteiger partial charge in [-0.25, -0.2) is 8.78 Å². The van der Waals surface area contributed by atoms with Crippen LogP contribution in [-0.4, -0.2) is 12.6 Å². The third kappa shape index (κ3) is 3.27. The molecule has 0 saturated heterocycles. The molecule has 1 aromatic carbocycles. The van der Waals surface area contributed by atoms with Crippen molar-refractivity contribution >= 4 is 0 Å². The number of hydrogen-bond acceptors (Lipinski definition) is 1. The van der Waals surface area contributed by atoms with E-state index in [2.05, 4.69) is 5.32 Å². The average Bonchev–Trinajstić information content (AvgIpc) is 2.18. The highest BCUT2D eigenvalue weighted by Gasteiger charge is 2.37. The molecule has 0 aliphatic heterocycles. The standard InChI is InChI=1S/C12H17F2N/c1-11(2,15-3)9-12(13,14)10-7-5-4-6-8-10/h4-8,15H,9H2,1-3H3. The summed E-state index contributed by atoms with van der Waals surface area (Å²) in [6, 6.07) is 7.94. The van der Waals surface area contributed by atoms with Crippen LogP contribution in [0.5, 0.6) is 0 Å². The molecule has 0 bridgehead atoms. The van der Waals surface area contributed by atoms with E-state index in [1.54, 1.807) is 39.1 Å². The molecule has 0 saturated carbocycles. The van der Waals surface area contributed by atoms with Crippen LogP contribution in [0.15, 0.2) is 30.3 Å². The van der Waals surface area contributed by atoms with Gasteiger partial charge in [-0.15, -0.1) is 0 Å². The molecule has 0 heterocycles. The molecule has 15 heavy (non-hydrogen) atoms. The molecule has 0 aliphatic rings. The topological polar surface area (TPSA) is 12.0 Å². The fourth-order valence-corrected chi connectivity index (χ4v) is 1.43. The number of benzene rings is 1. The van der Waals surface area contributed by atoms with E-state index >= 15 is 0 Å². The van der Waals surface area contributed by atoms with Gasteiger partial charge in [0, 0.05) is 17.5 Å². The van der Waals surface area contributed by atoms with Crippen LogP contribution in [0.2, 0.25) is 0 Å². The van der Waals surface area contributed by atoms with Crippen molar-refractivity contribution in [2.45, 2.75) is 31.7 Å². The molecule has 0 radical (unpaired) electrons. The highest BCUT2D eigenvalue weighted by atomic mass is 19.3. The zero-order valence-electron chi connectivity index (χ0n) is 9.35. The monoisotopic (exact) mass is 213 g/mol. The van der Waals surface area contributed by atoms with E-state index in [0.29, 0.717) is 0 Å². The molecular weight excluding hydrogens is 196 g/mol. The summed E-state index contributed by atoms with van der Waals surface area (Å²) in [5, 5.41) is 2.89. The fraction of sp³-hybridized carbons (Fsp3) is 0.500. The second-order valence-electron chi connectivity index (χ2n) is 4.38. The lowest BCUT2D eigenvalue weighted by Crippen LogP contribution is -2.41. The largest absolute Gasteiger partial charge is 0.315 e. The van der Waals surface area contributed by atoms with Crippen molar-refractivity contribution < 1.29 is 8.78 Å². The van der Waals surface area contributed by atoms with Gasteiger partial charge in [-0.3, -0.25) is 0 Å². The zero-order chi connectivity index (χ0) is 11.5. The lowest BCUT2D eigenvalue weighted by molar-refractivity contribution is -0.0339. The Morgan fingerprint density at radius 2 is 1.67 bits per heavy atom. The predicted molar refractivity (Wildman–Crippen MR) is 58.1 cm³/mol. The Hall–Kier alpha value is -0.960. The van der Waals surface area contributed by atoms with Crippen molar-refractivity contribution in [2.24, 2.45) is 0 Å². The van der Waals surface area contributed by atoms with E-state index in [1.807, 2.05) is 0 Å². The fourth-order valence-electron chi connectivity index (χ4n) is 1.43. The summed E-state index contributed by atoms with van der Waals surface area (Å²) < 4.78 is 27.6. The zero-order valence-corrected chi connectivity index (χ0v) is 9.35. The minimum atomic E-state index is -2.78. The highest BCUT2D eigenvalue weighted by molar-refractivity contribution is 5.20. The second-order valence-corrected chi connectivity index (χ2v) is 4.38. The van der Waals surface area contributed by atoms with Crippen molar-refractivity contribution in [3.63, 3.8) is 0 Å². The van der Waals surface area contributed by atoms with Crippen LogP contribution in [0.25, 0.3) is 0 Å². The molecule has 0 atom stereocenters. The van der Waals surface area contributed by atoms with Crippen LogP contribution in [-0.2, 0) is 5.92 Å². The Morgan fingerprint density at radius 1 is 1.13 bits per heavy atom. The number of halogens is 2. The first-order valence-corrected chi connectivity index (χ1v) is 5.00. The molecule has 1 aromatic rings. The molecule has 0 amide bonds. The maximum Gasteiger partial charge on any atom is 0.275 e. The lowest BCUT2D eigenvalue weighted by Gasteiger charge is -2.29. The average molecular weight is 213 g/mol. The Labute approximate surface area is 89.5 Å². The quantitative estimate of drug-likeness (QED) is 0.810. The number of nitrogens with one attached hydrogen (secondary N) is 1. The Balaban J connectivity index is 2.85. The number of rotatable bonds is 4. The van der Waals surface area contributed by atoms with Crippen molar-refractivity contribution in [3.8, 4) is 0 Å². The van der Waals surface area contributed by atoms with E-state index in [-0.39, 0.29) is 12.0 Å². The van der Waals surface area contributed by atoms with Gasteiger partial charge in [0.05, 0.1) is 0 Å². The van der Waals surface area contributed by atoms with Crippen LogP contribution in [0.4, 0.5) is 8.78 Å². The van der Waals surface area contributed by atoms with Gasteiger partial charge in [0.25, 0.3) is 5.92 Å². The summed E-state index contributed by atoms with van der Waals surface area (Å²) >= 11 is 0. The lowest BCUT2D eigenvalue weighted by atomic mass is 9.92. The van der Waals surface area contributed by atoms with Gasteiger partial charge in [0.2, 0.25) is 0 Å². The van der Waals surface area contributed by atoms with Crippen LogP contribution < -0.4 is 5.32 Å². The highest BCUT2D eigenvalue weighted by Crippen LogP contribution is 2.35. The molecule has 1 N–H and O–H groups in total. The third-order valence-electron chi connectivity index (χ3n) is 2.54. The van der Waals surface area contributed by atoms with Gasteiger partial charge in [-0.1, -0.05) is 30.3 Å². The molecular formula is C12H17F2N. The maximum atomic E-state index is 13.8. The summed E-state index contributed by atoms with van der Waals surface area (Å²) in [5.74, 6) is -2.78. The van der Waals surface area contributed by atoms with Gasteiger partial charge in [0.1, 0.15) is 0 Å². The van der Waals surface area contributed by atoms with E-state index in [4.69, 9.17) is 0 Å². The molecule has 0 aliphatic carbocycles. The molecule has 3 heteroatoms. The maximum absolute atomic E-state index is 13.8. The number of hydrogen-bond donors (Lipinski definition) is 1. The molecule has 0 aromatic heterocycles. The van der Waals surface area contributed by atoms with Crippen molar-refractivity contribution in [3.05, 3.63) is 35.9 Å². The normalized spacial score (nSPS) is 12.9. The summed E-state index contributed by atoms with van der Waals surface area (Å²) in [6.07, 6.45) is -0.208. The van der Waals surface area contributed by atoms with Gasteiger partial charge in [-0.2, -0.15) is 0 Å². The minimum absolute atomic E-state index is 0.0772. The molecule has 0 fully saturated rings. The molecule has 1 nitrogen and oxygen atoms in total. The summed E-state index contributed by atoms with van der Waals surface area (Å²) in [5.41, 5.74) is -0.493. The molecule has 0 unspecified atom stereocenters. The Bertz CT molecular complexity index is 307. The van der Waals surface area contributed by atoms with Crippen LogP contribution in [0.3, 0.4) is 0 Å². The van der Waals surface area contributed by atoms with Crippen LogP contribution in [0, 0.1) is 0 Å². The Kier molecular flexibility index (Phi) is 3.45. The second kappa shape index (κ2) is 4.27. The van der Waals surface area contributed by atoms with Crippen molar-refractivity contribution in [1.29, 1.82) is 0 Å². The Morgan fingerprint density at radius 3 is 2.13 bits per heavy atom. The molecule has 0 spiro atoms. The van der Waals surface area contributed by atoms with Crippen molar-refractivity contribution in [1.82, 2.24) is 5.32 Å². The minimum Gasteiger partial charge on any atom is -0.315 e. The predicted octanol–water partition coefficient (Wildman–Crippen LogP) is 3.17. The first kappa shape index (κ1) is 12.1. The third-order valence-corrected chi connectivity index (χ3v) is 2.54. The van der Waals surface area contributed by atoms with E-state index in [9.17, 15) is 8.78 Å². The molecule has 84 valence electrons. The van der Waals surface area contributed by atoms with Crippen LogP contribution in [0.1, 0.15) is 25.8 Å². The van der Waals surface area contributed by atoms with Gasteiger partial charge in [-0.05, 0) is 20.9 Å². The van der Waals surface area contributed by atoms with E-state index in [1.165, 1.54) is 12.1 Å². The SMILES string of the molecule is CNC(C)(C)CC(F)(F)c1ccccc1. The van der Waals surface area contributed by atoms with Crippen LogP contribution >= 0.6 is 0 Å². The molecule has 1 rings (SSSR count). The first-order chi connectivity index (χ1) is 6.87. The number of alkyl halides is 2. The summed E-state index contributed by atoms with van der Waals surface area (Å²) in [7, 11) is 1.70. The van der Waals surface area contributed by atoms with Crippen molar-refractivity contribution in [2.75, 3.05) is 7.05 Å². The van der Waals surface area contributed by atoms with E-state index in [0.717, 1.165) is 0 Å². The van der Waals surface area contributed by atoms with Gasteiger partial charge < -0.3 is 5.32 Å².